The van der Waals surface area contributed by atoms with E-state index in [4.69, 9.17) is 9.47 Å². The number of amides is 1. The Balaban J connectivity index is 1.52. The minimum absolute atomic E-state index is 0.171. The molecule has 1 saturated heterocycles. The second-order valence-corrected chi connectivity index (χ2v) is 6.61. The number of aromatic hydroxyl groups is 2. The van der Waals surface area contributed by atoms with Gasteiger partial charge < -0.3 is 25.0 Å². The van der Waals surface area contributed by atoms with Gasteiger partial charge in [-0.1, -0.05) is 0 Å². The van der Waals surface area contributed by atoms with E-state index >= 15 is 0 Å². The Bertz CT molecular complexity index is 1020. The van der Waals surface area contributed by atoms with E-state index in [9.17, 15) is 15.0 Å². The summed E-state index contributed by atoms with van der Waals surface area (Å²) in [5, 5.41) is 23.4. The van der Waals surface area contributed by atoms with E-state index in [0.717, 1.165) is 36.1 Å². The minimum Gasteiger partial charge on any atom is -0.506 e. The van der Waals surface area contributed by atoms with Crippen LogP contribution < -0.4 is 10.1 Å². The fraction of sp³-hybridized carbons (Fsp3) is 0.250. The first kappa shape index (κ1) is 18.0. The number of nitrogens with zero attached hydrogens (tertiary/aromatic N) is 2. The Kier molecular flexibility index (Phi) is 4.94. The van der Waals surface area contributed by atoms with Gasteiger partial charge in [-0.05, 0) is 36.1 Å². The van der Waals surface area contributed by atoms with Crippen LogP contribution in [0.4, 0.5) is 5.69 Å². The number of aromatic nitrogens is 2. The number of hydrogen-bond donors (Lipinski definition) is 3. The van der Waals surface area contributed by atoms with Gasteiger partial charge >= 0.3 is 0 Å². The quantitative estimate of drug-likeness (QED) is 0.623. The molecule has 0 radical (unpaired) electrons. The van der Waals surface area contributed by atoms with Crippen molar-refractivity contribution in [3.8, 4) is 17.4 Å². The maximum Gasteiger partial charge on any atom is 0.278 e. The third-order valence-corrected chi connectivity index (χ3v) is 4.53. The number of ether oxygens (including phenoxy) is 2. The first-order valence-corrected chi connectivity index (χ1v) is 8.89. The van der Waals surface area contributed by atoms with Gasteiger partial charge in [0.15, 0.2) is 11.4 Å². The molecule has 1 unspecified atom stereocenters. The van der Waals surface area contributed by atoms with E-state index in [-0.39, 0.29) is 11.4 Å². The molecule has 0 bridgehead atoms. The van der Waals surface area contributed by atoms with Crippen molar-refractivity contribution in [2.45, 2.75) is 6.42 Å². The molecule has 3 aromatic rings. The fourth-order valence-electron chi connectivity index (χ4n) is 3.06. The number of nitrogens with one attached hydrogen (secondary N) is 1. The summed E-state index contributed by atoms with van der Waals surface area (Å²) in [6.07, 6.45) is 3.74. The van der Waals surface area contributed by atoms with Gasteiger partial charge in [-0.3, -0.25) is 4.79 Å². The molecule has 1 aliphatic heterocycles. The number of benzene rings is 1. The molecule has 0 saturated carbocycles. The third kappa shape index (κ3) is 3.81. The maximum atomic E-state index is 12.3. The molecule has 8 nitrogen and oxygen atoms in total. The van der Waals surface area contributed by atoms with Crippen molar-refractivity contribution in [1.82, 2.24) is 9.97 Å². The van der Waals surface area contributed by atoms with Gasteiger partial charge in [-0.15, -0.1) is 0 Å². The highest BCUT2D eigenvalue weighted by Crippen LogP contribution is 2.28. The van der Waals surface area contributed by atoms with E-state index in [0.29, 0.717) is 30.7 Å². The molecule has 28 heavy (non-hydrogen) atoms. The van der Waals surface area contributed by atoms with Gasteiger partial charge in [0.1, 0.15) is 5.75 Å². The Morgan fingerprint density at radius 2 is 2.14 bits per heavy atom. The number of carbonyl (C=O) groups excluding carboxylic acids is 1. The fourth-order valence-corrected chi connectivity index (χ4v) is 3.06. The molecule has 0 aliphatic carbocycles. The van der Waals surface area contributed by atoms with E-state index in [1.54, 1.807) is 18.3 Å². The zero-order chi connectivity index (χ0) is 19.5. The maximum absolute atomic E-state index is 12.3. The zero-order valence-corrected chi connectivity index (χ0v) is 15.0. The van der Waals surface area contributed by atoms with Crippen LogP contribution in [0.5, 0.6) is 17.4 Å². The Hall–Kier alpha value is -3.39. The predicted molar refractivity (Wildman–Crippen MR) is 102 cm³/mol. The number of pyridine rings is 2. The topological polar surface area (TPSA) is 114 Å². The predicted octanol–water partition coefficient (Wildman–Crippen LogP) is 2.71. The summed E-state index contributed by atoms with van der Waals surface area (Å²) in [6, 6.07) is 8.23. The largest absolute Gasteiger partial charge is 0.506 e. The van der Waals surface area contributed by atoms with Crippen LogP contribution in [-0.2, 0) is 4.74 Å². The summed E-state index contributed by atoms with van der Waals surface area (Å²) >= 11 is 0. The summed E-state index contributed by atoms with van der Waals surface area (Å²) in [6.45, 7) is 2.03. The lowest BCUT2D eigenvalue weighted by molar-refractivity contribution is 0.101. The highest BCUT2D eigenvalue weighted by atomic mass is 16.5. The smallest absolute Gasteiger partial charge is 0.278 e. The van der Waals surface area contributed by atoms with Gasteiger partial charge in [0.25, 0.3) is 5.91 Å². The van der Waals surface area contributed by atoms with Crippen molar-refractivity contribution in [3.05, 3.63) is 48.4 Å². The van der Waals surface area contributed by atoms with Gasteiger partial charge in [-0.25, -0.2) is 9.97 Å². The molecule has 1 atom stereocenters. The molecule has 2 aromatic heterocycles. The molecule has 8 heteroatoms. The Morgan fingerprint density at radius 3 is 2.93 bits per heavy atom. The van der Waals surface area contributed by atoms with Crippen molar-refractivity contribution in [3.63, 3.8) is 0 Å². The summed E-state index contributed by atoms with van der Waals surface area (Å²) in [4.78, 5) is 20.4. The molecular weight excluding hydrogens is 362 g/mol. The molecule has 1 aromatic carbocycles. The summed E-state index contributed by atoms with van der Waals surface area (Å²) < 4.78 is 11.2. The van der Waals surface area contributed by atoms with Gasteiger partial charge in [-0.2, -0.15) is 0 Å². The first-order chi connectivity index (χ1) is 13.6. The second kappa shape index (κ2) is 7.69. The molecule has 0 spiro atoms. The molecule has 1 amide bonds. The van der Waals surface area contributed by atoms with Crippen molar-refractivity contribution in [2.75, 3.05) is 25.1 Å². The van der Waals surface area contributed by atoms with Gasteiger partial charge in [0.2, 0.25) is 5.88 Å². The van der Waals surface area contributed by atoms with E-state index in [2.05, 4.69) is 15.3 Å². The summed E-state index contributed by atoms with van der Waals surface area (Å²) in [7, 11) is 0. The molecular formula is C20H19N3O5. The van der Waals surface area contributed by atoms with Crippen LogP contribution in [0.3, 0.4) is 0 Å². The number of anilines is 1. The lowest BCUT2D eigenvalue weighted by atomic mass is 10.1. The lowest BCUT2D eigenvalue weighted by Gasteiger charge is -2.12. The van der Waals surface area contributed by atoms with E-state index in [1.165, 1.54) is 0 Å². The van der Waals surface area contributed by atoms with Crippen LogP contribution in [0.2, 0.25) is 0 Å². The molecule has 1 aliphatic rings. The molecule has 4 rings (SSSR count). The number of rotatable bonds is 5. The monoisotopic (exact) mass is 381 g/mol. The average molecular weight is 381 g/mol. The minimum atomic E-state index is -0.580. The number of carbonyl (C=O) groups is 1. The average Bonchev–Trinajstić information content (AvgIpc) is 3.19. The lowest BCUT2D eigenvalue weighted by Crippen LogP contribution is -2.14. The van der Waals surface area contributed by atoms with Crippen molar-refractivity contribution >= 4 is 22.4 Å². The van der Waals surface area contributed by atoms with Crippen molar-refractivity contribution < 1.29 is 24.5 Å². The first-order valence-electron chi connectivity index (χ1n) is 8.89. The van der Waals surface area contributed by atoms with Crippen LogP contribution in [0.25, 0.3) is 10.8 Å². The molecule has 1 fully saturated rings. The Morgan fingerprint density at radius 1 is 1.25 bits per heavy atom. The molecule has 3 heterocycles. The van der Waals surface area contributed by atoms with E-state index < -0.39 is 11.7 Å². The summed E-state index contributed by atoms with van der Waals surface area (Å²) in [5.74, 6) is -0.275. The van der Waals surface area contributed by atoms with Gasteiger partial charge in [0, 0.05) is 35.9 Å². The van der Waals surface area contributed by atoms with Gasteiger partial charge in [0.05, 0.1) is 19.4 Å². The van der Waals surface area contributed by atoms with E-state index in [1.807, 2.05) is 12.1 Å². The number of fused-ring (bicyclic) bond motifs is 1. The van der Waals surface area contributed by atoms with Crippen LogP contribution in [0.15, 0.2) is 42.7 Å². The SMILES string of the molecule is O=C(Nc1ccc2c(OCC3CCOC3)nccc2c1)c1ncc(O)cc1O. The van der Waals surface area contributed by atoms with Crippen LogP contribution in [0.1, 0.15) is 16.9 Å². The normalized spacial score (nSPS) is 16.2. The molecule has 3 N–H and O–H groups in total. The van der Waals surface area contributed by atoms with Crippen molar-refractivity contribution in [1.29, 1.82) is 0 Å². The van der Waals surface area contributed by atoms with Crippen LogP contribution in [0, 0.1) is 5.92 Å². The highest BCUT2D eigenvalue weighted by molar-refractivity contribution is 6.05. The molecule has 144 valence electrons. The van der Waals surface area contributed by atoms with Crippen LogP contribution in [-0.4, -0.2) is 45.9 Å². The number of hydrogen-bond acceptors (Lipinski definition) is 7. The zero-order valence-electron chi connectivity index (χ0n) is 15.0. The van der Waals surface area contributed by atoms with Crippen molar-refractivity contribution in [2.24, 2.45) is 5.92 Å². The third-order valence-electron chi connectivity index (χ3n) is 4.53. The Labute approximate surface area is 160 Å². The highest BCUT2D eigenvalue weighted by Gasteiger charge is 2.18. The standard InChI is InChI=1S/C20H19N3O5/c24-15-8-17(25)18(22-9-15)19(26)23-14-1-2-16-13(7-14)3-5-21-20(16)28-11-12-4-6-27-10-12/h1-3,5,7-9,12,24-25H,4,6,10-11H2,(H,23,26). The summed E-state index contributed by atoms with van der Waals surface area (Å²) in [5.41, 5.74) is 0.364. The van der Waals surface area contributed by atoms with Crippen LogP contribution >= 0.6 is 0 Å². The second-order valence-electron chi connectivity index (χ2n) is 6.61.